The van der Waals surface area contributed by atoms with E-state index in [2.05, 4.69) is 4.99 Å². The Hall–Kier alpha value is -4.71. The lowest BCUT2D eigenvalue weighted by Gasteiger charge is -2.10. The van der Waals surface area contributed by atoms with E-state index < -0.39 is 11.9 Å². The lowest BCUT2D eigenvalue weighted by atomic mass is 10.1. The Balaban J connectivity index is 1.40. The fourth-order valence-corrected chi connectivity index (χ4v) is 3.60. The maximum absolute atomic E-state index is 12.4. The number of aliphatic imine (C=N–C) groups is 1. The first-order valence-electron chi connectivity index (χ1n) is 10.6. The Labute approximate surface area is 195 Å². The Morgan fingerprint density at radius 2 is 1.62 bits per heavy atom. The van der Waals surface area contributed by atoms with Crippen LogP contribution in [0.15, 0.2) is 102 Å². The number of esters is 2. The van der Waals surface area contributed by atoms with Gasteiger partial charge in [-0.25, -0.2) is 14.6 Å². The first-order chi connectivity index (χ1) is 16.6. The van der Waals surface area contributed by atoms with E-state index in [-0.39, 0.29) is 17.3 Å². The van der Waals surface area contributed by atoms with E-state index in [1.165, 1.54) is 7.11 Å². The van der Waals surface area contributed by atoms with Crippen LogP contribution < -0.4 is 9.47 Å². The maximum Gasteiger partial charge on any atom is 0.363 e. The number of methoxy groups -OCH3 is 1. The fraction of sp³-hybridized carbons (Fsp3) is 0.0357. The highest BCUT2D eigenvalue weighted by atomic mass is 16.6. The number of ether oxygens (including phenoxy) is 3. The van der Waals surface area contributed by atoms with Gasteiger partial charge in [0.05, 0.1) is 12.7 Å². The monoisotopic (exact) mass is 449 g/mol. The molecule has 6 heteroatoms. The van der Waals surface area contributed by atoms with Crippen LogP contribution in [0.4, 0.5) is 0 Å². The van der Waals surface area contributed by atoms with Gasteiger partial charge in [0.15, 0.2) is 17.2 Å². The van der Waals surface area contributed by atoms with Gasteiger partial charge in [0, 0.05) is 5.56 Å². The summed E-state index contributed by atoms with van der Waals surface area (Å²) in [5.74, 6) is -0.158. The first-order valence-corrected chi connectivity index (χ1v) is 10.6. The second-order valence-electron chi connectivity index (χ2n) is 7.56. The van der Waals surface area contributed by atoms with Crippen LogP contribution in [0.2, 0.25) is 0 Å². The van der Waals surface area contributed by atoms with Gasteiger partial charge in [0.2, 0.25) is 5.90 Å². The second-order valence-corrected chi connectivity index (χ2v) is 7.56. The van der Waals surface area contributed by atoms with Crippen LogP contribution in [0.3, 0.4) is 0 Å². The molecule has 0 aromatic heterocycles. The number of carbonyl (C=O) groups is 2. The minimum absolute atomic E-state index is 0.166. The molecule has 1 heterocycles. The van der Waals surface area contributed by atoms with Crippen molar-refractivity contribution in [2.75, 3.05) is 7.11 Å². The van der Waals surface area contributed by atoms with Gasteiger partial charge < -0.3 is 14.2 Å². The third kappa shape index (κ3) is 4.29. The maximum atomic E-state index is 12.4. The molecule has 0 radical (unpaired) electrons. The molecule has 1 aliphatic heterocycles. The lowest BCUT2D eigenvalue weighted by Crippen LogP contribution is -2.09. The summed E-state index contributed by atoms with van der Waals surface area (Å²) >= 11 is 0. The molecule has 0 spiro atoms. The Morgan fingerprint density at radius 3 is 2.41 bits per heavy atom. The number of rotatable bonds is 5. The predicted molar refractivity (Wildman–Crippen MR) is 129 cm³/mol. The minimum Gasteiger partial charge on any atom is -0.493 e. The summed E-state index contributed by atoms with van der Waals surface area (Å²) in [6.45, 7) is 0. The van der Waals surface area contributed by atoms with E-state index in [0.29, 0.717) is 16.9 Å². The van der Waals surface area contributed by atoms with E-state index in [1.54, 1.807) is 48.5 Å². The van der Waals surface area contributed by atoms with Crippen molar-refractivity contribution in [2.24, 2.45) is 4.99 Å². The molecular weight excluding hydrogens is 430 g/mol. The molecule has 0 saturated heterocycles. The van der Waals surface area contributed by atoms with Crippen LogP contribution in [0.1, 0.15) is 21.5 Å². The zero-order valence-electron chi connectivity index (χ0n) is 18.2. The lowest BCUT2D eigenvalue weighted by molar-refractivity contribution is -0.129. The number of nitrogens with zero attached hydrogens (tertiary/aromatic N) is 1. The van der Waals surface area contributed by atoms with Gasteiger partial charge in [0.1, 0.15) is 0 Å². The van der Waals surface area contributed by atoms with Crippen molar-refractivity contribution in [3.63, 3.8) is 0 Å². The standard InChI is InChI=1S/C28H19NO5/c1-32-25-16-18(11-14-24(25)33-27(30)20-8-3-2-4-9-20)15-23-28(31)34-26(29-23)22-13-12-19-7-5-6-10-21(19)17-22/h2-17H,1H3/b23-15-. The summed E-state index contributed by atoms with van der Waals surface area (Å²) < 4.78 is 16.3. The molecule has 166 valence electrons. The quantitative estimate of drug-likeness (QED) is 0.231. The van der Waals surface area contributed by atoms with E-state index in [1.807, 2.05) is 48.5 Å². The van der Waals surface area contributed by atoms with Crippen LogP contribution in [-0.2, 0) is 9.53 Å². The molecule has 0 atom stereocenters. The molecule has 0 saturated carbocycles. The zero-order chi connectivity index (χ0) is 23.5. The number of hydrogen-bond donors (Lipinski definition) is 0. The van der Waals surface area contributed by atoms with Crippen molar-refractivity contribution < 1.29 is 23.8 Å². The fourth-order valence-electron chi connectivity index (χ4n) is 3.60. The van der Waals surface area contributed by atoms with E-state index in [0.717, 1.165) is 16.3 Å². The highest BCUT2D eigenvalue weighted by Gasteiger charge is 2.24. The Bertz CT molecular complexity index is 1470. The average Bonchev–Trinajstić information content (AvgIpc) is 3.25. The van der Waals surface area contributed by atoms with Gasteiger partial charge in [-0.1, -0.05) is 54.6 Å². The molecule has 6 nitrogen and oxygen atoms in total. The number of hydrogen-bond acceptors (Lipinski definition) is 6. The van der Waals surface area contributed by atoms with Crippen LogP contribution >= 0.6 is 0 Å². The van der Waals surface area contributed by atoms with E-state index in [4.69, 9.17) is 14.2 Å². The molecule has 0 fully saturated rings. The predicted octanol–water partition coefficient (Wildman–Crippen LogP) is 5.41. The smallest absolute Gasteiger partial charge is 0.363 e. The van der Waals surface area contributed by atoms with Crippen LogP contribution in [0, 0.1) is 0 Å². The van der Waals surface area contributed by atoms with Gasteiger partial charge >= 0.3 is 11.9 Å². The van der Waals surface area contributed by atoms with Crippen molar-refractivity contribution >= 4 is 34.7 Å². The molecule has 1 aliphatic rings. The number of fused-ring (bicyclic) bond motifs is 1. The summed E-state index contributed by atoms with van der Waals surface area (Å²) in [6, 6.07) is 27.4. The summed E-state index contributed by atoms with van der Waals surface area (Å²) in [4.78, 5) is 29.2. The van der Waals surface area contributed by atoms with Gasteiger partial charge in [-0.3, -0.25) is 0 Å². The zero-order valence-corrected chi connectivity index (χ0v) is 18.2. The Kier molecular flexibility index (Phi) is 5.62. The highest BCUT2D eigenvalue weighted by molar-refractivity contribution is 6.13. The molecule has 4 aromatic carbocycles. The van der Waals surface area contributed by atoms with Crippen molar-refractivity contribution in [3.05, 3.63) is 113 Å². The van der Waals surface area contributed by atoms with Crippen molar-refractivity contribution in [3.8, 4) is 11.5 Å². The number of cyclic esters (lactones) is 1. The number of benzene rings is 4. The largest absolute Gasteiger partial charge is 0.493 e. The summed E-state index contributed by atoms with van der Waals surface area (Å²) in [7, 11) is 1.48. The van der Waals surface area contributed by atoms with Crippen LogP contribution in [0.25, 0.3) is 16.8 Å². The Morgan fingerprint density at radius 1 is 0.853 bits per heavy atom. The SMILES string of the molecule is COc1cc(/C=C2\N=C(c3ccc4ccccc4c3)OC2=O)ccc1OC(=O)c1ccccc1. The summed E-state index contributed by atoms with van der Waals surface area (Å²) in [6.07, 6.45) is 1.60. The van der Waals surface area contributed by atoms with Crippen molar-refractivity contribution in [1.82, 2.24) is 0 Å². The molecular formula is C28H19NO5. The third-order valence-electron chi connectivity index (χ3n) is 5.32. The molecule has 0 bridgehead atoms. The minimum atomic E-state index is -0.540. The normalized spacial score (nSPS) is 14.1. The molecule has 0 amide bonds. The van der Waals surface area contributed by atoms with Gasteiger partial charge in [-0.05, 0) is 58.8 Å². The van der Waals surface area contributed by atoms with Crippen LogP contribution in [0.5, 0.6) is 11.5 Å². The average molecular weight is 449 g/mol. The second kappa shape index (κ2) is 9.03. The van der Waals surface area contributed by atoms with Gasteiger partial charge in [-0.2, -0.15) is 0 Å². The first kappa shape index (κ1) is 21.2. The number of carbonyl (C=O) groups excluding carboxylic acids is 2. The molecule has 0 aliphatic carbocycles. The van der Waals surface area contributed by atoms with Crippen molar-refractivity contribution in [2.45, 2.75) is 0 Å². The van der Waals surface area contributed by atoms with E-state index in [9.17, 15) is 9.59 Å². The molecule has 0 N–H and O–H groups in total. The molecule has 0 unspecified atom stereocenters. The highest BCUT2D eigenvalue weighted by Crippen LogP contribution is 2.30. The molecule has 4 aromatic rings. The summed E-state index contributed by atoms with van der Waals surface area (Å²) in [5, 5.41) is 2.12. The van der Waals surface area contributed by atoms with Gasteiger partial charge in [0.25, 0.3) is 0 Å². The summed E-state index contributed by atoms with van der Waals surface area (Å²) in [5.41, 5.74) is 1.96. The van der Waals surface area contributed by atoms with E-state index >= 15 is 0 Å². The van der Waals surface area contributed by atoms with Crippen LogP contribution in [-0.4, -0.2) is 24.9 Å². The third-order valence-corrected chi connectivity index (χ3v) is 5.32. The molecule has 34 heavy (non-hydrogen) atoms. The topological polar surface area (TPSA) is 74.2 Å². The molecule has 5 rings (SSSR count). The van der Waals surface area contributed by atoms with Gasteiger partial charge in [-0.15, -0.1) is 0 Å². The van der Waals surface area contributed by atoms with Crippen molar-refractivity contribution in [1.29, 1.82) is 0 Å².